The Labute approximate surface area is 105 Å². The first-order valence-corrected chi connectivity index (χ1v) is 5.58. The van der Waals surface area contributed by atoms with Crippen LogP contribution in [0.15, 0.2) is 36.5 Å². The predicted molar refractivity (Wildman–Crippen MR) is 68.7 cm³/mol. The highest BCUT2D eigenvalue weighted by Gasteiger charge is 2.17. The first-order valence-electron chi connectivity index (χ1n) is 5.58. The van der Waals surface area contributed by atoms with E-state index in [1.807, 2.05) is 37.3 Å². The number of carbonyl (C=O) groups is 1. The fourth-order valence-corrected chi connectivity index (χ4v) is 1.71. The molecule has 0 spiro atoms. The smallest absolute Gasteiger partial charge is 0.254 e. The van der Waals surface area contributed by atoms with Crippen LogP contribution in [-0.2, 0) is 0 Å². The highest BCUT2D eigenvalue weighted by molar-refractivity contribution is 5.97. The molecule has 1 aromatic carbocycles. The van der Waals surface area contributed by atoms with Crippen LogP contribution in [-0.4, -0.2) is 10.9 Å². The maximum absolute atomic E-state index is 11.5. The van der Waals surface area contributed by atoms with Crippen molar-refractivity contribution in [3.63, 3.8) is 0 Å². The van der Waals surface area contributed by atoms with Crippen LogP contribution >= 0.6 is 0 Å². The number of nitrogens with zero attached hydrogens (tertiary/aromatic N) is 1. The van der Waals surface area contributed by atoms with Crippen molar-refractivity contribution in [3.05, 3.63) is 53.3 Å². The number of para-hydroxylation sites is 1. The molecule has 0 aliphatic rings. The van der Waals surface area contributed by atoms with Crippen molar-refractivity contribution < 1.29 is 9.53 Å². The van der Waals surface area contributed by atoms with Crippen molar-refractivity contribution in [1.29, 1.82) is 0 Å². The summed E-state index contributed by atoms with van der Waals surface area (Å²) in [6.45, 7) is 3.56. The van der Waals surface area contributed by atoms with Gasteiger partial charge in [-0.3, -0.25) is 9.78 Å². The summed E-state index contributed by atoms with van der Waals surface area (Å²) < 4.78 is 5.74. The third-order valence-corrected chi connectivity index (χ3v) is 2.61. The summed E-state index contributed by atoms with van der Waals surface area (Å²) in [7, 11) is 0. The molecule has 2 aromatic rings. The number of aryl methyl sites for hydroxylation is 2. The van der Waals surface area contributed by atoms with E-state index >= 15 is 0 Å². The molecule has 4 nitrogen and oxygen atoms in total. The van der Waals surface area contributed by atoms with Crippen LogP contribution < -0.4 is 10.5 Å². The topological polar surface area (TPSA) is 65.2 Å². The summed E-state index contributed by atoms with van der Waals surface area (Å²) in [5, 5.41) is 0. The Morgan fingerprint density at radius 1 is 1.22 bits per heavy atom. The number of hydrogen-bond acceptors (Lipinski definition) is 3. The van der Waals surface area contributed by atoms with E-state index in [4.69, 9.17) is 10.5 Å². The second-order valence-electron chi connectivity index (χ2n) is 4.01. The molecule has 0 aliphatic heterocycles. The zero-order valence-corrected chi connectivity index (χ0v) is 10.3. The summed E-state index contributed by atoms with van der Waals surface area (Å²) in [4.78, 5) is 15.6. The number of primary amides is 1. The summed E-state index contributed by atoms with van der Waals surface area (Å²) in [5.41, 5.74) is 7.06. The number of ether oxygens (including phenoxy) is 1. The number of carbonyl (C=O) groups excluding carboxylic acids is 1. The van der Waals surface area contributed by atoms with E-state index in [0.717, 1.165) is 5.56 Å². The van der Waals surface area contributed by atoms with Gasteiger partial charge >= 0.3 is 0 Å². The largest absolute Gasteiger partial charge is 0.456 e. The van der Waals surface area contributed by atoms with Gasteiger partial charge in [0, 0.05) is 11.8 Å². The van der Waals surface area contributed by atoms with Gasteiger partial charge in [-0.05, 0) is 26.0 Å². The fourth-order valence-electron chi connectivity index (χ4n) is 1.71. The lowest BCUT2D eigenvalue weighted by molar-refractivity contribution is 0.0997. The standard InChI is InChI=1S/C14H14N2O2/c1-9-8-16-10(2)12(14(15)17)13(9)18-11-6-4-3-5-7-11/h3-8H,1-2H3,(H2,15,17). The third-order valence-electron chi connectivity index (χ3n) is 2.61. The highest BCUT2D eigenvalue weighted by Crippen LogP contribution is 2.29. The number of pyridine rings is 1. The Hall–Kier alpha value is -2.36. The molecular formula is C14H14N2O2. The summed E-state index contributed by atoms with van der Waals surface area (Å²) in [6.07, 6.45) is 1.67. The number of amides is 1. The Bertz CT molecular complexity index is 580. The van der Waals surface area contributed by atoms with E-state index in [9.17, 15) is 4.79 Å². The van der Waals surface area contributed by atoms with E-state index in [-0.39, 0.29) is 0 Å². The lowest BCUT2D eigenvalue weighted by Gasteiger charge is -2.13. The molecule has 18 heavy (non-hydrogen) atoms. The number of aromatic nitrogens is 1. The van der Waals surface area contributed by atoms with Gasteiger partial charge in [0.2, 0.25) is 0 Å². The van der Waals surface area contributed by atoms with Gasteiger partial charge in [-0.2, -0.15) is 0 Å². The molecule has 0 unspecified atom stereocenters. The monoisotopic (exact) mass is 242 g/mol. The number of hydrogen-bond donors (Lipinski definition) is 1. The van der Waals surface area contributed by atoms with Crippen LogP contribution in [0.5, 0.6) is 11.5 Å². The minimum absolute atomic E-state index is 0.332. The van der Waals surface area contributed by atoms with Crippen molar-refractivity contribution in [2.24, 2.45) is 5.73 Å². The second kappa shape index (κ2) is 4.87. The zero-order chi connectivity index (χ0) is 13.1. The average Bonchev–Trinajstić information content (AvgIpc) is 2.35. The van der Waals surface area contributed by atoms with Gasteiger partial charge in [0.1, 0.15) is 17.1 Å². The van der Waals surface area contributed by atoms with Crippen LogP contribution in [0.2, 0.25) is 0 Å². The second-order valence-corrected chi connectivity index (χ2v) is 4.01. The van der Waals surface area contributed by atoms with Crippen molar-refractivity contribution >= 4 is 5.91 Å². The highest BCUT2D eigenvalue weighted by atomic mass is 16.5. The van der Waals surface area contributed by atoms with Crippen LogP contribution in [0.25, 0.3) is 0 Å². The zero-order valence-electron chi connectivity index (χ0n) is 10.3. The van der Waals surface area contributed by atoms with Crippen LogP contribution in [0.4, 0.5) is 0 Å². The lowest BCUT2D eigenvalue weighted by Crippen LogP contribution is -2.15. The minimum Gasteiger partial charge on any atom is -0.456 e. The minimum atomic E-state index is -0.533. The van der Waals surface area contributed by atoms with Gasteiger partial charge in [-0.1, -0.05) is 18.2 Å². The molecule has 0 radical (unpaired) electrons. The summed E-state index contributed by atoms with van der Waals surface area (Å²) in [5.74, 6) is 0.601. The van der Waals surface area contributed by atoms with Crippen LogP contribution in [0.3, 0.4) is 0 Å². The van der Waals surface area contributed by atoms with Crippen molar-refractivity contribution in [2.45, 2.75) is 13.8 Å². The molecule has 0 saturated heterocycles. The summed E-state index contributed by atoms with van der Waals surface area (Å²) >= 11 is 0. The molecule has 1 amide bonds. The van der Waals surface area contributed by atoms with Crippen molar-refractivity contribution in [3.8, 4) is 11.5 Å². The van der Waals surface area contributed by atoms with E-state index in [0.29, 0.717) is 22.8 Å². The number of rotatable bonds is 3. The average molecular weight is 242 g/mol. The van der Waals surface area contributed by atoms with E-state index in [1.54, 1.807) is 13.1 Å². The quantitative estimate of drug-likeness (QED) is 0.899. The van der Waals surface area contributed by atoms with E-state index in [1.165, 1.54) is 0 Å². The molecule has 0 aliphatic carbocycles. The fraction of sp³-hybridized carbons (Fsp3) is 0.143. The van der Waals surface area contributed by atoms with Crippen LogP contribution in [0.1, 0.15) is 21.6 Å². The van der Waals surface area contributed by atoms with E-state index in [2.05, 4.69) is 4.98 Å². The van der Waals surface area contributed by atoms with Crippen molar-refractivity contribution in [2.75, 3.05) is 0 Å². The van der Waals surface area contributed by atoms with Gasteiger partial charge in [0.15, 0.2) is 0 Å². The van der Waals surface area contributed by atoms with Gasteiger partial charge in [-0.25, -0.2) is 0 Å². The van der Waals surface area contributed by atoms with Crippen molar-refractivity contribution in [1.82, 2.24) is 4.98 Å². The molecule has 0 saturated carbocycles. The van der Waals surface area contributed by atoms with Gasteiger partial charge in [0.05, 0.1) is 5.69 Å². The Balaban J connectivity index is 2.50. The van der Waals surface area contributed by atoms with E-state index < -0.39 is 5.91 Å². The van der Waals surface area contributed by atoms with Crippen LogP contribution in [0, 0.1) is 13.8 Å². The first-order chi connectivity index (χ1) is 8.59. The summed E-state index contributed by atoms with van der Waals surface area (Å²) in [6, 6.07) is 9.26. The molecule has 0 fully saturated rings. The Morgan fingerprint density at radius 2 is 1.89 bits per heavy atom. The normalized spacial score (nSPS) is 10.1. The Morgan fingerprint density at radius 3 is 2.50 bits per heavy atom. The first kappa shape index (κ1) is 12.1. The van der Waals surface area contributed by atoms with Gasteiger partial charge in [0.25, 0.3) is 5.91 Å². The molecule has 2 rings (SSSR count). The SMILES string of the molecule is Cc1cnc(C)c(C(N)=O)c1Oc1ccccc1. The predicted octanol–water partition coefficient (Wildman–Crippen LogP) is 2.59. The molecule has 1 heterocycles. The van der Waals surface area contributed by atoms with Gasteiger partial charge in [-0.15, -0.1) is 0 Å². The third kappa shape index (κ3) is 2.32. The molecular weight excluding hydrogens is 228 g/mol. The molecule has 2 N–H and O–H groups in total. The van der Waals surface area contributed by atoms with Gasteiger partial charge < -0.3 is 10.5 Å². The lowest BCUT2D eigenvalue weighted by atomic mass is 10.1. The molecule has 0 atom stereocenters. The number of nitrogens with two attached hydrogens (primary N) is 1. The molecule has 92 valence electrons. The maximum Gasteiger partial charge on any atom is 0.254 e. The molecule has 4 heteroatoms. The molecule has 0 bridgehead atoms. The number of benzene rings is 1. The maximum atomic E-state index is 11.5. The Kier molecular flexibility index (Phi) is 3.28. The molecule has 1 aromatic heterocycles.